The van der Waals surface area contributed by atoms with Crippen molar-refractivity contribution in [1.82, 2.24) is 0 Å². The molecule has 1 atom stereocenters. The molecule has 0 aromatic heterocycles. The molecule has 0 radical (unpaired) electrons. The first-order valence-electron chi connectivity index (χ1n) is 7.46. The Morgan fingerprint density at radius 1 is 1.21 bits per heavy atom. The third kappa shape index (κ3) is 3.82. The van der Waals surface area contributed by atoms with Gasteiger partial charge in [-0.3, -0.25) is 0 Å². The molecule has 0 bridgehead atoms. The standard InChI is InChI=1S/C17H24O2/c1-3-13(2)14-9-11-16(12-10-14)19-17(18)15-7-5-4-6-8-15/h4-8,13-14,16H,3,9-12H2,1-2H3/t13-,14?,16?/m0/s1. The molecule has 1 aliphatic rings. The van der Waals surface area contributed by atoms with Gasteiger partial charge in [-0.2, -0.15) is 0 Å². The monoisotopic (exact) mass is 260 g/mol. The molecule has 1 aliphatic carbocycles. The molecule has 0 saturated heterocycles. The topological polar surface area (TPSA) is 26.3 Å². The first kappa shape index (κ1) is 14.1. The Balaban J connectivity index is 1.81. The second-order valence-corrected chi connectivity index (χ2v) is 5.69. The fraction of sp³-hybridized carbons (Fsp3) is 0.588. The number of rotatable bonds is 4. The fourth-order valence-corrected chi connectivity index (χ4v) is 2.90. The van der Waals surface area contributed by atoms with E-state index in [1.807, 2.05) is 30.3 Å². The average molecular weight is 260 g/mol. The predicted octanol–water partition coefficient (Wildman–Crippen LogP) is 4.45. The quantitative estimate of drug-likeness (QED) is 0.748. The zero-order valence-corrected chi connectivity index (χ0v) is 12.0. The van der Waals surface area contributed by atoms with Gasteiger partial charge in [-0.15, -0.1) is 0 Å². The van der Waals surface area contributed by atoms with Crippen molar-refractivity contribution in [1.29, 1.82) is 0 Å². The van der Waals surface area contributed by atoms with E-state index < -0.39 is 0 Å². The number of ether oxygens (including phenoxy) is 1. The molecule has 2 rings (SSSR count). The third-order valence-electron chi connectivity index (χ3n) is 4.45. The van der Waals surface area contributed by atoms with Crippen LogP contribution >= 0.6 is 0 Å². The maximum Gasteiger partial charge on any atom is 0.338 e. The molecule has 0 heterocycles. The molecule has 19 heavy (non-hydrogen) atoms. The summed E-state index contributed by atoms with van der Waals surface area (Å²) < 4.78 is 5.60. The van der Waals surface area contributed by atoms with Crippen LogP contribution in [-0.2, 0) is 4.74 Å². The number of hydrogen-bond donors (Lipinski definition) is 0. The van der Waals surface area contributed by atoms with Crippen molar-refractivity contribution in [2.45, 2.75) is 52.1 Å². The molecule has 2 nitrogen and oxygen atoms in total. The van der Waals surface area contributed by atoms with Gasteiger partial charge in [0.05, 0.1) is 5.56 Å². The maximum atomic E-state index is 12.0. The minimum Gasteiger partial charge on any atom is -0.459 e. The minimum absolute atomic E-state index is 0.119. The molecule has 0 amide bonds. The Labute approximate surface area is 116 Å². The van der Waals surface area contributed by atoms with Crippen LogP contribution < -0.4 is 0 Å². The average Bonchev–Trinajstić information content (AvgIpc) is 2.48. The van der Waals surface area contributed by atoms with E-state index in [0.717, 1.165) is 24.7 Å². The Morgan fingerprint density at radius 3 is 2.42 bits per heavy atom. The molecule has 104 valence electrons. The van der Waals surface area contributed by atoms with Crippen LogP contribution in [-0.4, -0.2) is 12.1 Å². The van der Waals surface area contributed by atoms with Gasteiger partial charge in [0.2, 0.25) is 0 Å². The Bertz CT molecular complexity index is 391. The molecule has 1 aromatic rings. The van der Waals surface area contributed by atoms with E-state index >= 15 is 0 Å². The Morgan fingerprint density at radius 2 is 1.84 bits per heavy atom. The van der Waals surface area contributed by atoms with Gasteiger partial charge < -0.3 is 4.74 Å². The molecule has 1 saturated carbocycles. The molecule has 0 spiro atoms. The zero-order valence-electron chi connectivity index (χ0n) is 12.0. The minimum atomic E-state index is -0.174. The van der Waals surface area contributed by atoms with Crippen LogP contribution in [0.2, 0.25) is 0 Å². The molecule has 2 heteroatoms. The summed E-state index contributed by atoms with van der Waals surface area (Å²) >= 11 is 0. The van der Waals surface area contributed by atoms with Crippen LogP contribution in [0.1, 0.15) is 56.3 Å². The van der Waals surface area contributed by atoms with Crippen molar-refractivity contribution < 1.29 is 9.53 Å². The Kier molecular flexibility index (Phi) is 5.00. The smallest absolute Gasteiger partial charge is 0.338 e. The van der Waals surface area contributed by atoms with Crippen molar-refractivity contribution in [2.75, 3.05) is 0 Å². The lowest BCUT2D eigenvalue weighted by Crippen LogP contribution is -2.27. The number of benzene rings is 1. The molecular weight excluding hydrogens is 236 g/mol. The molecule has 0 unspecified atom stereocenters. The lowest BCUT2D eigenvalue weighted by Gasteiger charge is -2.31. The van der Waals surface area contributed by atoms with Crippen LogP contribution in [0.3, 0.4) is 0 Å². The highest BCUT2D eigenvalue weighted by Crippen LogP contribution is 2.33. The summed E-state index contributed by atoms with van der Waals surface area (Å²) in [4.78, 5) is 12.0. The number of carbonyl (C=O) groups excluding carboxylic acids is 1. The second-order valence-electron chi connectivity index (χ2n) is 5.69. The Hall–Kier alpha value is -1.31. The highest BCUT2D eigenvalue weighted by molar-refractivity contribution is 5.89. The first-order chi connectivity index (χ1) is 9.20. The second kappa shape index (κ2) is 6.74. The van der Waals surface area contributed by atoms with Gasteiger partial charge in [0.25, 0.3) is 0 Å². The summed E-state index contributed by atoms with van der Waals surface area (Å²) in [6.07, 6.45) is 5.80. The normalized spacial score (nSPS) is 24.7. The highest BCUT2D eigenvalue weighted by Gasteiger charge is 2.26. The van der Waals surface area contributed by atoms with Crippen molar-refractivity contribution in [3.8, 4) is 0 Å². The van der Waals surface area contributed by atoms with E-state index in [1.54, 1.807) is 0 Å². The van der Waals surface area contributed by atoms with Gasteiger partial charge in [0.1, 0.15) is 6.10 Å². The van der Waals surface area contributed by atoms with Crippen LogP contribution in [0.4, 0.5) is 0 Å². The third-order valence-corrected chi connectivity index (χ3v) is 4.45. The van der Waals surface area contributed by atoms with E-state index in [1.165, 1.54) is 19.3 Å². The number of carbonyl (C=O) groups is 1. The lowest BCUT2D eigenvalue weighted by molar-refractivity contribution is 0.0136. The summed E-state index contributed by atoms with van der Waals surface area (Å²) in [5.41, 5.74) is 0.659. The summed E-state index contributed by atoms with van der Waals surface area (Å²) in [6.45, 7) is 4.59. The van der Waals surface area contributed by atoms with Crippen LogP contribution in [0, 0.1) is 11.8 Å². The van der Waals surface area contributed by atoms with Crippen LogP contribution in [0.15, 0.2) is 30.3 Å². The molecule has 1 aromatic carbocycles. The summed E-state index contributed by atoms with van der Waals surface area (Å²) in [5.74, 6) is 1.44. The van der Waals surface area contributed by atoms with E-state index in [9.17, 15) is 4.79 Å². The van der Waals surface area contributed by atoms with Crippen molar-refractivity contribution in [2.24, 2.45) is 11.8 Å². The van der Waals surface area contributed by atoms with Crippen LogP contribution in [0.5, 0.6) is 0 Å². The molecule has 0 aliphatic heterocycles. The van der Waals surface area contributed by atoms with Crippen LogP contribution in [0.25, 0.3) is 0 Å². The highest BCUT2D eigenvalue weighted by atomic mass is 16.5. The van der Waals surface area contributed by atoms with Gasteiger partial charge in [-0.05, 0) is 49.7 Å². The molecular formula is C17H24O2. The van der Waals surface area contributed by atoms with Gasteiger partial charge >= 0.3 is 5.97 Å². The van der Waals surface area contributed by atoms with Gasteiger partial charge in [-0.1, -0.05) is 38.5 Å². The first-order valence-corrected chi connectivity index (χ1v) is 7.46. The fourth-order valence-electron chi connectivity index (χ4n) is 2.90. The molecule has 0 N–H and O–H groups in total. The zero-order chi connectivity index (χ0) is 13.7. The van der Waals surface area contributed by atoms with E-state index in [2.05, 4.69) is 13.8 Å². The van der Waals surface area contributed by atoms with Gasteiger partial charge in [0.15, 0.2) is 0 Å². The molecule has 1 fully saturated rings. The summed E-state index contributed by atoms with van der Waals surface area (Å²) in [6, 6.07) is 9.28. The van der Waals surface area contributed by atoms with Gasteiger partial charge in [0, 0.05) is 0 Å². The van der Waals surface area contributed by atoms with Crippen molar-refractivity contribution >= 4 is 5.97 Å². The lowest BCUT2D eigenvalue weighted by atomic mass is 9.79. The van der Waals surface area contributed by atoms with E-state index in [-0.39, 0.29) is 12.1 Å². The maximum absolute atomic E-state index is 12.0. The summed E-state index contributed by atoms with van der Waals surface area (Å²) in [5, 5.41) is 0. The number of esters is 1. The number of hydrogen-bond acceptors (Lipinski definition) is 2. The van der Waals surface area contributed by atoms with Gasteiger partial charge in [-0.25, -0.2) is 4.79 Å². The van der Waals surface area contributed by atoms with Crippen molar-refractivity contribution in [3.63, 3.8) is 0 Å². The van der Waals surface area contributed by atoms with E-state index in [0.29, 0.717) is 5.56 Å². The van der Waals surface area contributed by atoms with E-state index in [4.69, 9.17) is 4.74 Å². The van der Waals surface area contributed by atoms with Crippen molar-refractivity contribution in [3.05, 3.63) is 35.9 Å². The SMILES string of the molecule is CC[C@H](C)C1CCC(OC(=O)c2ccccc2)CC1. The largest absolute Gasteiger partial charge is 0.459 e. The summed E-state index contributed by atoms with van der Waals surface area (Å²) in [7, 11) is 0. The predicted molar refractivity (Wildman–Crippen MR) is 77.1 cm³/mol.